The lowest BCUT2D eigenvalue weighted by Gasteiger charge is -2.04. The predicted octanol–water partition coefficient (Wildman–Crippen LogP) is 1.11. The monoisotopic (exact) mass is 496 g/mol. The lowest BCUT2D eigenvalue weighted by Crippen LogP contribution is -2.34. The van der Waals surface area contributed by atoms with Crippen LogP contribution >= 0.6 is 0 Å². The third-order valence-electron chi connectivity index (χ3n) is 7.16. The molecule has 0 atom stereocenters. The smallest absolute Gasteiger partial charge is 0.216 e. The van der Waals surface area contributed by atoms with Gasteiger partial charge in [0, 0.05) is 46.4 Å². The maximum Gasteiger partial charge on any atom is 0.216 e. The van der Waals surface area contributed by atoms with Gasteiger partial charge in [-0.15, -0.1) is 0 Å². The highest BCUT2D eigenvalue weighted by atomic mass is 14.9. The average molecular weight is 497 g/mol. The summed E-state index contributed by atoms with van der Waals surface area (Å²) in [4.78, 5) is 14.6. The normalized spacial score (nSPS) is 12.8. The average Bonchev–Trinajstić information content (AvgIpc) is 3.72. The molecule has 0 unspecified atom stereocenters. The maximum atomic E-state index is 3.65. The van der Waals surface area contributed by atoms with Crippen LogP contribution in [0.25, 0.3) is 23.3 Å². The molecule has 0 fully saturated rings. The van der Waals surface area contributed by atoms with Crippen molar-refractivity contribution in [1.82, 2.24) is 19.9 Å². The van der Waals surface area contributed by atoms with Gasteiger partial charge < -0.3 is 19.9 Å². The number of aromatic nitrogens is 6. The summed E-state index contributed by atoms with van der Waals surface area (Å²) in [6.45, 7) is 0. The number of hydrogen-bond donors (Lipinski definition) is 4. The standard InChI is InChI=1S/C32H26N6/c1-37-17-5-3-7-29(37)31-25-13-9-21(33-25)19-23-11-15-27(35-23)32(30-8-4-6-18-38(30)2)28-16-12-24(36-28)20-22-10-14-26(31)34-22/h3-20H,1-2H3,(H2,33,34,35,36)/p+2. The van der Waals surface area contributed by atoms with E-state index in [9.17, 15) is 0 Å². The summed E-state index contributed by atoms with van der Waals surface area (Å²) in [6, 6.07) is 29.7. The molecular formula is C32H28N6+2. The van der Waals surface area contributed by atoms with Crippen molar-refractivity contribution in [2.24, 2.45) is 14.1 Å². The van der Waals surface area contributed by atoms with E-state index in [4.69, 9.17) is 0 Å². The molecule has 0 aliphatic carbocycles. The highest BCUT2D eigenvalue weighted by Gasteiger charge is 2.19. The Morgan fingerprint density at radius 2 is 0.947 bits per heavy atom. The van der Waals surface area contributed by atoms with Crippen molar-refractivity contribution < 1.29 is 9.13 Å². The Bertz CT molecular complexity index is 1910. The minimum Gasteiger partial charge on any atom is -0.355 e. The minimum atomic E-state index is 1.03. The fraction of sp³-hybridized carbons (Fsp3) is 0.0625. The Labute approximate surface area is 219 Å². The van der Waals surface area contributed by atoms with Gasteiger partial charge in [0.1, 0.15) is 14.1 Å². The first kappa shape index (κ1) is 22.1. The molecule has 8 bridgehead atoms. The SMILES string of the molecule is C[n+]1ccccc1C1=c2ccc([nH]2)=Cc2ccc([nH]2)C(c2cccc[n+]2C)=c2ccc([nH]2)=Cc2ccc1[nH]2. The van der Waals surface area contributed by atoms with Gasteiger partial charge >= 0.3 is 0 Å². The summed E-state index contributed by atoms with van der Waals surface area (Å²) in [5.41, 5.74) is 8.64. The number of nitrogens with one attached hydrogen (secondary N) is 4. The van der Waals surface area contributed by atoms with Crippen LogP contribution in [0.3, 0.4) is 0 Å². The summed E-state index contributed by atoms with van der Waals surface area (Å²) in [6.07, 6.45) is 8.46. The summed E-state index contributed by atoms with van der Waals surface area (Å²) in [5, 5.41) is 4.17. The van der Waals surface area contributed by atoms with Crippen LogP contribution in [0, 0.1) is 0 Å². The Morgan fingerprint density at radius 3 is 1.39 bits per heavy atom. The highest BCUT2D eigenvalue weighted by molar-refractivity contribution is 5.76. The molecule has 0 spiro atoms. The number of nitrogens with zero attached hydrogens (tertiary/aromatic N) is 2. The van der Waals surface area contributed by atoms with E-state index in [2.05, 4.69) is 141 Å². The molecule has 7 heterocycles. The summed E-state index contributed by atoms with van der Waals surface area (Å²) < 4.78 is 4.30. The van der Waals surface area contributed by atoms with Gasteiger partial charge in [-0.1, -0.05) is 0 Å². The number of aromatic amines is 4. The van der Waals surface area contributed by atoms with E-state index in [0.717, 1.165) is 66.7 Å². The zero-order valence-electron chi connectivity index (χ0n) is 21.3. The van der Waals surface area contributed by atoms with Gasteiger partial charge in [-0.25, -0.2) is 9.13 Å². The molecule has 6 heteroatoms. The molecule has 38 heavy (non-hydrogen) atoms. The second-order valence-corrected chi connectivity index (χ2v) is 9.74. The van der Waals surface area contributed by atoms with Gasteiger partial charge in [-0.3, -0.25) is 0 Å². The third kappa shape index (κ3) is 3.83. The fourth-order valence-corrected chi connectivity index (χ4v) is 5.31. The largest absolute Gasteiger partial charge is 0.355 e. The first-order valence-electron chi connectivity index (χ1n) is 12.7. The molecule has 6 aromatic rings. The Balaban J connectivity index is 1.55. The van der Waals surface area contributed by atoms with Gasteiger partial charge in [0.2, 0.25) is 11.4 Å². The number of H-pyrrole nitrogens is 4. The van der Waals surface area contributed by atoms with E-state index in [1.54, 1.807) is 0 Å². The topological polar surface area (TPSA) is 70.9 Å². The molecule has 184 valence electrons. The number of pyridine rings is 2. The first-order valence-corrected chi connectivity index (χ1v) is 12.7. The molecule has 0 radical (unpaired) electrons. The fourth-order valence-electron chi connectivity index (χ4n) is 5.31. The molecule has 6 nitrogen and oxygen atoms in total. The number of rotatable bonds is 2. The molecule has 0 amide bonds. The first-order chi connectivity index (χ1) is 18.6. The van der Waals surface area contributed by atoms with Crippen LogP contribution in [0.4, 0.5) is 0 Å². The summed E-state index contributed by atoms with van der Waals surface area (Å²) in [7, 11) is 4.16. The van der Waals surface area contributed by atoms with Crippen LogP contribution < -0.4 is 30.5 Å². The third-order valence-corrected chi connectivity index (χ3v) is 7.16. The van der Waals surface area contributed by atoms with Crippen molar-refractivity contribution in [3.63, 3.8) is 0 Å². The van der Waals surface area contributed by atoms with Crippen molar-refractivity contribution >= 4 is 23.3 Å². The zero-order valence-corrected chi connectivity index (χ0v) is 21.3. The minimum absolute atomic E-state index is 1.03. The van der Waals surface area contributed by atoms with Gasteiger partial charge in [0.05, 0.1) is 33.2 Å². The molecule has 7 rings (SSSR count). The van der Waals surface area contributed by atoms with E-state index in [0.29, 0.717) is 0 Å². The van der Waals surface area contributed by atoms with Crippen molar-refractivity contribution in [2.75, 3.05) is 0 Å². The summed E-state index contributed by atoms with van der Waals surface area (Å²) >= 11 is 0. The van der Waals surface area contributed by atoms with E-state index >= 15 is 0 Å². The Hall–Kier alpha value is -5.10. The van der Waals surface area contributed by atoms with Crippen LogP contribution in [0.1, 0.15) is 34.2 Å². The maximum absolute atomic E-state index is 3.65. The van der Waals surface area contributed by atoms with E-state index in [1.807, 2.05) is 12.1 Å². The second kappa shape index (κ2) is 8.78. The van der Waals surface area contributed by atoms with Gasteiger partial charge in [0.15, 0.2) is 12.4 Å². The van der Waals surface area contributed by atoms with Crippen LogP contribution in [0.15, 0.2) is 97.3 Å². The van der Waals surface area contributed by atoms with E-state index in [-0.39, 0.29) is 0 Å². The number of fused-ring (bicyclic) bond motifs is 8. The second-order valence-electron chi connectivity index (χ2n) is 9.74. The lowest BCUT2D eigenvalue weighted by molar-refractivity contribution is -0.673. The van der Waals surface area contributed by atoms with E-state index in [1.165, 1.54) is 0 Å². The molecule has 6 aromatic heterocycles. The molecule has 0 aromatic carbocycles. The van der Waals surface area contributed by atoms with Crippen molar-refractivity contribution in [2.45, 2.75) is 0 Å². The molecule has 1 aliphatic heterocycles. The highest BCUT2D eigenvalue weighted by Crippen LogP contribution is 2.19. The quantitative estimate of drug-likeness (QED) is 0.259. The predicted molar refractivity (Wildman–Crippen MR) is 147 cm³/mol. The van der Waals surface area contributed by atoms with E-state index < -0.39 is 0 Å². The molecular weight excluding hydrogens is 468 g/mol. The summed E-state index contributed by atoms with van der Waals surface area (Å²) in [5.74, 6) is 0. The van der Waals surface area contributed by atoms with Crippen LogP contribution in [-0.2, 0) is 14.1 Å². The van der Waals surface area contributed by atoms with Crippen molar-refractivity contribution in [3.05, 3.63) is 153 Å². The van der Waals surface area contributed by atoms with Crippen LogP contribution in [0.2, 0.25) is 0 Å². The molecule has 0 saturated carbocycles. The van der Waals surface area contributed by atoms with Crippen LogP contribution in [0.5, 0.6) is 0 Å². The van der Waals surface area contributed by atoms with Gasteiger partial charge in [-0.2, -0.15) is 0 Å². The number of hydrogen-bond acceptors (Lipinski definition) is 0. The van der Waals surface area contributed by atoms with Crippen LogP contribution in [-0.4, -0.2) is 19.9 Å². The van der Waals surface area contributed by atoms with Gasteiger partial charge in [-0.05, 0) is 72.8 Å². The Kier molecular flexibility index (Phi) is 5.11. The number of aryl methyl sites for hydroxylation is 2. The van der Waals surface area contributed by atoms with Gasteiger partial charge in [0.25, 0.3) is 0 Å². The lowest BCUT2D eigenvalue weighted by atomic mass is 10.1. The molecule has 4 N–H and O–H groups in total. The van der Waals surface area contributed by atoms with Crippen molar-refractivity contribution in [3.8, 4) is 0 Å². The molecule has 1 aliphatic rings. The zero-order chi connectivity index (χ0) is 25.6. The van der Waals surface area contributed by atoms with Crippen molar-refractivity contribution in [1.29, 1.82) is 0 Å². The molecule has 0 saturated heterocycles. The Morgan fingerprint density at radius 1 is 0.474 bits per heavy atom.